The van der Waals surface area contributed by atoms with Crippen molar-refractivity contribution in [3.63, 3.8) is 0 Å². The van der Waals surface area contributed by atoms with Gasteiger partial charge in [-0.1, -0.05) is 58.0 Å². The summed E-state index contributed by atoms with van der Waals surface area (Å²) in [6, 6.07) is 11.1. The first-order chi connectivity index (χ1) is 13.2. The molecule has 3 aromatic rings. The van der Waals surface area contributed by atoms with Gasteiger partial charge < -0.3 is 9.73 Å². The highest BCUT2D eigenvalue weighted by molar-refractivity contribution is 7.80. The monoisotopic (exact) mass is 492 g/mol. The molecule has 0 radical (unpaired) electrons. The average molecular weight is 495 g/mol. The fourth-order valence-electron chi connectivity index (χ4n) is 2.27. The van der Waals surface area contributed by atoms with E-state index in [1.54, 1.807) is 24.3 Å². The number of anilines is 1. The minimum absolute atomic E-state index is 0.0152. The van der Waals surface area contributed by atoms with Crippen LogP contribution in [0, 0.1) is 0 Å². The van der Waals surface area contributed by atoms with Crippen molar-refractivity contribution in [3.05, 3.63) is 73.3 Å². The number of halogens is 5. The summed E-state index contributed by atoms with van der Waals surface area (Å²) in [6.07, 6.45) is 0. The quantitative estimate of drug-likeness (QED) is 0.374. The molecule has 10 heteroatoms. The van der Waals surface area contributed by atoms with Crippen LogP contribution < -0.4 is 10.6 Å². The van der Waals surface area contributed by atoms with Crippen LogP contribution in [0.15, 0.2) is 46.9 Å². The van der Waals surface area contributed by atoms with E-state index in [4.69, 9.17) is 74.6 Å². The minimum Gasteiger partial charge on any atom is -0.451 e. The SMILES string of the molecule is O=C(NC(=S)Nc1c(Cl)cc(Cl)cc1Cl)c1ccc(-c2ccc(Cl)cc2Cl)o1. The van der Waals surface area contributed by atoms with Gasteiger partial charge in [-0.3, -0.25) is 10.1 Å². The Morgan fingerprint density at radius 3 is 2.14 bits per heavy atom. The van der Waals surface area contributed by atoms with Crippen molar-refractivity contribution < 1.29 is 9.21 Å². The number of carbonyl (C=O) groups is 1. The molecule has 0 spiro atoms. The van der Waals surface area contributed by atoms with Gasteiger partial charge in [0, 0.05) is 15.6 Å². The molecule has 0 atom stereocenters. The molecule has 144 valence electrons. The second kappa shape index (κ2) is 8.91. The Kier molecular flexibility index (Phi) is 6.76. The number of carbonyl (C=O) groups excluding carboxylic acids is 1. The van der Waals surface area contributed by atoms with E-state index in [9.17, 15) is 4.79 Å². The Morgan fingerprint density at radius 1 is 0.857 bits per heavy atom. The summed E-state index contributed by atoms with van der Waals surface area (Å²) in [5, 5.41) is 7.01. The van der Waals surface area contributed by atoms with Crippen molar-refractivity contribution in [1.29, 1.82) is 0 Å². The predicted molar refractivity (Wildman–Crippen MR) is 119 cm³/mol. The molecule has 0 unspecified atom stereocenters. The molecule has 1 heterocycles. The molecule has 3 rings (SSSR count). The van der Waals surface area contributed by atoms with Crippen LogP contribution >= 0.6 is 70.2 Å². The smallest absolute Gasteiger partial charge is 0.293 e. The van der Waals surface area contributed by atoms with E-state index < -0.39 is 5.91 Å². The van der Waals surface area contributed by atoms with Gasteiger partial charge in [0.2, 0.25) is 0 Å². The molecule has 0 aliphatic rings. The lowest BCUT2D eigenvalue weighted by Crippen LogP contribution is -2.34. The van der Waals surface area contributed by atoms with Crippen LogP contribution in [0.1, 0.15) is 10.6 Å². The Labute approximate surface area is 190 Å². The summed E-state index contributed by atoms with van der Waals surface area (Å²) in [6.45, 7) is 0. The Balaban J connectivity index is 1.72. The summed E-state index contributed by atoms with van der Waals surface area (Å²) in [4.78, 5) is 12.4. The number of amides is 1. The zero-order valence-electron chi connectivity index (χ0n) is 13.7. The molecule has 28 heavy (non-hydrogen) atoms. The number of furan rings is 1. The maximum absolute atomic E-state index is 12.4. The largest absolute Gasteiger partial charge is 0.451 e. The summed E-state index contributed by atoms with van der Waals surface area (Å²) < 4.78 is 5.57. The zero-order chi connectivity index (χ0) is 20.4. The van der Waals surface area contributed by atoms with Crippen LogP contribution in [0.2, 0.25) is 25.1 Å². The molecular weight excluding hydrogens is 486 g/mol. The fourth-order valence-corrected chi connectivity index (χ4v) is 3.87. The van der Waals surface area contributed by atoms with Gasteiger partial charge in [0.15, 0.2) is 10.9 Å². The topological polar surface area (TPSA) is 54.3 Å². The van der Waals surface area contributed by atoms with Crippen molar-refractivity contribution in [2.45, 2.75) is 0 Å². The highest BCUT2D eigenvalue weighted by Crippen LogP contribution is 2.34. The molecule has 0 aliphatic carbocycles. The Morgan fingerprint density at radius 2 is 1.50 bits per heavy atom. The molecule has 0 fully saturated rings. The van der Waals surface area contributed by atoms with Crippen molar-refractivity contribution in [2.24, 2.45) is 0 Å². The van der Waals surface area contributed by atoms with E-state index >= 15 is 0 Å². The highest BCUT2D eigenvalue weighted by atomic mass is 35.5. The number of benzene rings is 2. The molecule has 4 nitrogen and oxygen atoms in total. The summed E-state index contributed by atoms with van der Waals surface area (Å²) in [5.74, 6) is -0.108. The molecule has 0 bridgehead atoms. The first kappa shape index (κ1) is 21.2. The maximum atomic E-state index is 12.4. The van der Waals surface area contributed by atoms with Crippen LogP contribution in [-0.2, 0) is 0 Å². The van der Waals surface area contributed by atoms with Gasteiger partial charge in [0.25, 0.3) is 5.91 Å². The van der Waals surface area contributed by atoms with Gasteiger partial charge in [-0.2, -0.15) is 0 Å². The number of nitrogens with one attached hydrogen (secondary N) is 2. The third kappa shape index (κ3) is 4.92. The van der Waals surface area contributed by atoms with E-state index in [2.05, 4.69) is 10.6 Å². The number of hydrogen-bond acceptors (Lipinski definition) is 3. The first-order valence-electron chi connectivity index (χ1n) is 7.56. The molecular formula is C18H9Cl5N2O2S. The number of thiocarbonyl (C=S) groups is 1. The third-order valence-corrected chi connectivity index (χ3v) is 5.07. The minimum atomic E-state index is -0.560. The molecule has 1 aromatic heterocycles. The lowest BCUT2D eigenvalue weighted by Gasteiger charge is -2.12. The summed E-state index contributed by atoms with van der Waals surface area (Å²) >= 11 is 35.2. The molecule has 2 aromatic carbocycles. The second-order valence-electron chi connectivity index (χ2n) is 5.44. The van der Waals surface area contributed by atoms with Crippen LogP contribution in [0.4, 0.5) is 5.69 Å². The van der Waals surface area contributed by atoms with Gasteiger partial charge in [-0.15, -0.1) is 0 Å². The predicted octanol–water partition coefficient (Wildman–Crippen LogP) is 7.34. The standard InChI is InChI=1S/C18H9Cl5N2O2S/c19-8-1-2-10(11(21)5-8)14-3-4-15(27-14)17(26)25-18(28)24-16-12(22)6-9(20)7-13(16)23/h1-7H,(H2,24,25,26,28). The Bertz CT molecular complexity index is 1060. The molecule has 0 saturated carbocycles. The highest BCUT2D eigenvalue weighted by Gasteiger charge is 2.16. The maximum Gasteiger partial charge on any atom is 0.293 e. The van der Waals surface area contributed by atoms with E-state index in [0.29, 0.717) is 32.1 Å². The molecule has 2 N–H and O–H groups in total. The van der Waals surface area contributed by atoms with Crippen molar-refractivity contribution in [3.8, 4) is 11.3 Å². The molecule has 0 saturated heterocycles. The van der Waals surface area contributed by atoms with Gasteiger partial charge in [0.05, 0.1) is 20.8 Å². The van der Waals surface area contributed by atoms with Crippen LogP contribution in [-0.4, -0.2) is 11.0 Å². The summed E-state index contributed by atoms with van der Waals surface area (Å²) in [7, 11) is 0. The fraction of sp³-hybridized carbons (Fsp3) is 0. The van der Waals surface area contributed by atoms with E-state index in [1.165, 1.54) is 18.2 Å². The number of rotatable bonds is 3. The molecule has 0 aliphatic heterocycles. The van der Waals surface area contributed by atoms with Crippen molar-refractivity contribution >= 4 is 86.9 Å². The lowest BCUT2D eigenvalue weighted by atomic mass is 10.2. The van der Waals surface area contributed by atoms with E-state index in [1.807, 2.05) is 0 Å². The van der Waals surface area contributed by atoms with Crippen LogP contribution in [0.25, 0.3) is 11.3 Å². The Hall–Kier alpha value is -1.47. The normalized spacial score (nSPS) is 10.6. The zero-order valence-corrected chi connectivity index (χ0v) is 18.3. The second-order valence-corrected chi connectivity index (χ2v) is 7.94. The van der Waals surface area contributed by atoms with Gasteiger partial charge in [-0.25, -0.2) is 0 Å². The van der Waals surface area contributed by atoms with E-state index in [-0.39, 0.29) is 20.9 Å². The lowest BCUT2D eigenvalue weighted by molar-refractivity contribution is 0.0951. The van der Waals surface area contributed by atoms with Crippen LogP contribution in [0.3, 0.4) is 0 Å². The van der Waals surface area contributed by atoms with Crippen molar-refractivity contribution in [2.75, 3.05) is 5.32 Å². The first-order valence-corrected chi connectivity index (χ1v) is 9.86. The third-order valence-electron chi connectivity index (χ3n) is 3.50. The van der Waals surface area contributed by atoms with Crippen LogP contribution in [0.5, 0.6) is 0 Å². The van der Waals surface area contributed by atoms with Gasteiger partial charge in [0.1, 0.15) is 5.76 Å². The number of hydrogen-bond donors (Lipinski definition) is 2. The van der Waals surface area contributed by atoms with Gasteiger partial charge >= 0.3 is 0 Å². The van der Waals surface area contributed by atoms with E-state index in [0.717, 1.165) is 0 Å². The average Bonchev–Trinajstić information content (AvgIpc) is 3.08. The summed E-state index contributed by atoms with van der Waals surface area (Å²) in [5.41, 5.74) is 0.927. The molecule has 1 amide bonds. The van der Waals surface area contributed by atoms with Gasteiger partial charge in [-0.05, 0) is 54.7 Å². The van der Waals surface area contributed by atoms with Crippen molar-refractivity contribution in [1.82, 2.24) is 5.32 Å².